The number of aromatic nitrogens is 4. The van der Waals surface area contributed by atoms with Crippen LogP contribution in [0.3, 0.4) is 0 Å². The number of carbonyl (C=O) groups is 1. The Bertz CT molecular complexity index is 845. The van der Waals surface area contributed by atoms with Crippen LogP contribution in [0.15, 0.2) is 15.9 Å². The molecule has 0 unspecified atom stereocenters. The highest BCUT2D eigenvalue weighted by molar-refractivity contribution is 5.76. The summed E-state index contributed by atoms with van der Waals surface area (Å²) in [4.78, 5) is 39.6. The fraction of sp³-hybridized carbons (Fsp3) is 0.455. The zero-order chi connectivity index (χ0) is 16.7. The molecule has 0 atom stereocenters. The van der Waals surface area contributed by atoms with Gasteiger partial charge in [0.25, 0.3) is 5.56 Å². The largest absolute Gasteiger partial charge is 0.405 e. The topological polar surface area (TPSA) is 90.9 Å². The van der Waals surface area contributed by atoms with E-state index in [-0.39, 0.29) is 11.2 Å². The standard InChI is InChI=1S/C11H12F3N5O3/c1-17-5-16-8-7(17)9(21)19(10(22)18(8)2)3-6(20)15-4-11(12,13)14/h5H,3-4H2,1-2H3,(H,15,20). The van der Waals surface area contributed by atoms with Crippen molar-refractivity contribution in [2.75, 3.05) is 6.54 Å². The molecule has 2 heterocycles. The number of carbonyl (C=O) groups excluding carboxylic acids is 1. The first-order valence-corrected chi connectivity index (χ1v) is 6.06. The molecule has 0 aliphatic carbocycles. The smallest absolute Gasteiger partial charge is 0.345 e. The Balaban J connectivity index is 2.40. The Kier molecular flexibility index (Phi) is 3.81. The highest BCUT2D eigenvalue weighted by atomic mass is 19.4. The fourth-order valence-corrected chi connectivity index (χ4v) is 1.93. The molecular formula is C11H12F3N5O3. The predicted molar refractivity (Wildman–Crippen MR) is 69.3 cm³/mol. The molecule has 0 aliphatic rings. The van der Waals surface area contributed by atoms with E-state index in [2.05, 4.69) is 4.98 Å². The van der Waals surface area contributed by atoms with E-state index in [0.29, 0.717) is 4.57 Å². The second-order valence-corrected chi connectivity index (χ2v) is 4.65. The first-order chi connectivity index (χ1) is 10.1. The molecule has 1 N–H and O–H groups in total. The molecule has 0 radical (unpaired) electrons. The van der Waals surface area contributed by atoms with Crippen LogP contribution in [0.5, 0.6) is 0 Å². The number of nitrogens with zero attached hydrogens (tertiary/aromatic N) is 4. The molecule has 0 bridgehead atoms. The van der Waals surface area contributed by atoms with E-state index in [1.807, 2.05) is 0 Å². The molecule has 0 aliphatic heterocycles. The van der Waals surface area contributed by atoms with Gasteiger partial charge >= 0.3 is 11.9 Å². The summed E-state index contributed by atoms with van der Waals surface area (Å²) in [7, 11) is 2.87. The second-order valence-electron chi connectivity index (χ2n) is 4.65. The van der Waals surface area contributed by atoms with E-state index in [0.717, 1.165) is 4.57 Å². The Morgan fingerprint density at radius 1 is 1.32 bits per heavy atom. The molecule has 0 aromatic carbocycles. The maximum atomic E-state index is 12.2. The number of halogens is 3. The summed E-state index contributed by atoms with van der Waals surface area (Å²) in [5.74, 6) is -1.09. The van der Waals surface area contributed by atoms with Gasteiger partial charge in [0, 0.05) is 14.1 Å². The lowest BCUT2D eigenvalue weighted by Crippen LogP contribution is -2.44. The molecule has 2 rings (SSSR count). The van der Waals surface area contributed by atoms with Crippen molar-refractivity contribution in [3.63, 3.8) is 0 Å². The first kappa shape index (κ1) is 15.8. The van der Waals surface area contributed by atoms with Crippen LogP contribution in [0.2, 0.25) is 0 Å². The number of amides is 1. The van der Waals surface area contributed by atoms with Crippen molar-refractivity contribution < 1.29 is 18.0 Å². The molecule has 2 aromatic rings. The molecule has 0 spiro atoms. The summed E-state index contributed by atoms with van der Waals surface area (Å²) >= 11 is 0. The number of rotatable bonds is 3. The van der Waals surface area contributed by atoms with Crippen molar-refractivity contribution >= 4 is 17.1 Å². The maximum Gasteiger partial charge on any atom is 0.405 e. The Labute approximate surface area is 120 Å². The van der Waals surface area contributed by atoms with Gasteiger partial charge in [-0.2, -0.15) is 13.2 Å². The van der Waals surface area contributed by atoms with Gasteiger partial charge in [0.05, 0.1) is 6.33 Å². The minimum atomic E-state index is -4.57. The highest BCUT2D eigenvalue weighted by Crippen LogP contribution is 2.12. The third-order valence-corrected chi connectivity index (χ3v) is 2.99. The van der Waals surface area contributed by atoms with Crippen molar-refractivity contribution in [1.29, 1.82) is 0 Å². The summed E-state index contributed by atoms with van der Waals surface area (Å²) in [6.07, 6.45) is -3.25. The normalized spacial score (nSPS) is 11.9. The zero-order valence-electron chi connectivity index (χ0n) is 11.6. The Morgan fingerprint density at radius 3 is 2.55 bits per heavy atom. The lowest BCUT2D eigenvalue weighted by molar-refractivity contribution is -0.138. The number of nitrogens with one attached hydrogen (secondary N) is 1. The monoisotopic (exact) mass is 319 g/mol. The van der Waals surface area contributed by atoms with E-state index in [9.17, 15) is 27.6 Å². The minimum Gasteiger partial charge on any atom is -0.345 e. The highest BCUT2D eigenvalue weighted by Gasteiger charge is 2.28. The summed E-state index contributed by atoms with van der Waals surface area (Å²) in [6.45, 7) is -2.34. The number of hydrogen-bond donors (Lipinski definition) is 1. The predicted octanol–water partition coefficient (Wildman–Crippen LogP) is -0.888. The van der Waals surface area contributed by atoms with E-state index in [4.69, 9.17) is 0 Å². The van der Waals surface area contributed by atoms with Crippen molar-refractivity contribution in [3.8, 4) is 0 Å². The quantitative estimate of drug-likeness (QED) is 0.795. The molecule has 11 heteroatoms. The SMILES string of the molecule is Cn1cnc2c1c(=O)n(CC(=O)NCC(F)(F)F)c(=O)n2C. The molecule has 0 saturated heterocycles. The summed E-state index contributed by atoms with van der Waals surface area (Å²) in [6, 6.07) is 0. The van der Waals surface area contributed by atoms with E-state index in [1.165, 1.54) is 25.0 Å². The fourth-order valence-electron chi connectivity index (χ4n) is 1.93. The van der Waals surface area contributed by atoms with Gasteiger partial charge < -0.3 is 9.88 Å². The van der Waals surface area contributed by atoms with Crippen molar-refractivity contribution in [1.82, 2.24) is 24.0 Å². The molecule has 1 amide bonds. The van der Waals surface area contributed by atoms with Crippen LogP contribution in [0.4, 0.5) is 13.2 Å². The van der Waals surface area contributed by atoms with Crippen LogP contribution in [0.25, 0.3) is 11.2 Å². The molecular weight excluding hydrogens is 307 g/mol. The van der Waals surface area contributed by atoms with Crippen LogP contribution in [0.1, 0.15) is 0 Å². The molecule has 0 saturated carbocycles. The van der Waals surface area contributed by atoms with Crippen LogP contribution >= 0.6 is 0 Å². The molecule has 2 aromatic heterocycles. The van der Waals surface area contributed by atoms with Crippen LogP contribution in [-0.2, 0) is 25.4 Å². The molecule has 120 valence electrons. The van der Waals surface area contributed by atoms with Gasteiger partial charge in [0.15, 0.2) is 11.2 Å². The van der Waals surface area contributed by atoms with Gasteiger partial charge in [-0.15, -0.1) is 0 Å². The Morgan fingerprint density at radius 2 is 1.95 bits per heavy atom. The number of fused-ring (bicyclic) bond motifs is 1. The van der Waals surface area contributed by atoms with Crippen molar-refractivity contribution in [2.24, 2.45) is 14.1 Å². The van der Waals surface area contributed by atoms with Gasteiger partial charge in [0.1, 0.15) is 13.1 Å². The van der Waals surface area contributed by atoms with Gasteiger partial charge in [-0.05, 0) is 0 Å². The van der Waals surface area contributed by atoms with E-state index < -0.39 is 36.4 Å². The van der Waals surface area contributed by atoms with Crippen molar-refractivity contribution in [3.05, 3.63) is 27.2 Å². The van der Waals surface area contributed by atoms with Gasteiger partial charge in [0.2, 0.25) is 5.91 Å². The van der Waals surface area contributed by atoms with Gasteiger partial charge in [-0.25, -0.2) is 14.3 Å². The number of hydrogen-bond acceptors (Lipinski definition) is 4. The van der Waals surface area contributed by atoms with Crippen LogP contribution in [-0.4, -0.2) is 37.3 Å². The summed E-state index contributed by atoms with van der Waals surface area (Å²) in [5, 5.41) is 1.61. The average molecular weight is 319 g/mol. The number of imidazole rings is 1. The average Bonchev–Trinajstić information content (AvgIpc) is 2.80. The van der Waals surface area contributed by atoms with Crippen LogP contribution < -0.4 is 16.6 Å². The van der Waals surface area contributed by atoms with Crippen LogP contribution in [0, 0.1) is 0 Å². The third-order valence-electron chi connectivity index (χ3n) is 2.99. The van der Waals surface area contributed by atoms with E-state index >= 15 is 0 Å². The molecule has 22 heavy (non-hydrogen) atoms. The third kappa shape index (κ3) is 2.87. The minimum absolute atomic E-state index is 0.0747. The zero-order valence-corrected chi connectivity index (χ0v) is 11.6. The molecule has 0 fully saturated rings. The number of aryl methyl sites for hydroxylation is 2. The second kappa shape index (κ2) is 5.31. The van der Waals surface area contributed by atoms with Gasteiger partial charge in [-0.3, -0.25) is 14.2 Å². The first-order valence-electron chi connectivity index (χ1n) is 6.06. The van der Waals surface area contributed by atoms with E-state index in [1.54, 1.807) is 5.32 Å². The number of alkyl halides is 3. The lowest BCUT2D eigenvalue weighted by atomic mass is 10.4. The maximum absolute atomic E-state index is 12.2. The molecule has 8 nitrogen and oxygen atoms in total. The summed E-state index contributed by atoms with van der Waals surface area (Å²) in [5.41, 5.74) is -1.42. The lowest BCUT2D eigenvalue weighted by Gasteiger charge is -2.10. The van der Waals surface area contributed by atoms with Gasteiger partial charge in [-0.1, -0.05) is 0 Å². The Hall–Kier alpha value is -2.59. The summed E-state index contributed by atoms with van der Waals surface area (Å²) < 4.78 is 39.1. The van der Waals surface area contributed by atoms with Crippen molar-refractivity contribution in [2.45, 2.75) is 12.7 Å².